The van der Waals surface area contributed by atoms with Gasteiger partial charge in [-0.25, -0.2) is 8.42 Å². The number of methoxy groups -OCH3 is 1. The van der Waals surface area contributed by atoms with Gasteiger partial charge in [-0.15, -0.1) is 0 Å². The lowest BCUT2D eigenvalue weighted by atomic mass is 10.1. The minimum Gasteiger partial charge on any atom is -0.497 e. The van der Waals surface area contributed by atoms with Crippen LogP contribution in [0.4, 0.5) is 5.69 Å². The molecule has 0 aliphatic rings. The highest BCUT2D eigenvalue weighted by atomic mass is 32.2. The van der Waals surface area contributed by atoms with Gasteiger partial charge in [-0.3, -0.25) is 13.9 Å². The third-order valence-electron chi connectivity index (χ3n) is 6.14. The number of hydrogen-bond acceptors (Lipinski definition) is 5. The Morgan fingerprint density at radius 3 is 2.29 bits per heavy atom. The van der Waals surface area contributed by atoms with Crippen LogP contribution in [0.25, 0.3) is 0 Å². The van der Waals surface area contributed by atoms with E-state index in [9.17, 15) is 18.0 Å². The van der Waals surface area contributed by atoms with E-state index in [1.54, 1.807) is 74.7 Å². The number of carbonyl (C=O) groups excluding carboxylic acids is 2. The van der Waals surface area contributed by atoms with Crippen molar-refractivity contribution >= 4 is 27.5 Å². The number of sulfonamides is 1. The van der Waals surface area contributed by atoms with Gasteiger partial charge in [0.2, 0.25) is 11.8 Å². The Balaban J connectivity index is 2.00. The van der Waals surface area contributed by atoms with Crippen LogP contribution in [-0.2, 0) is 26.2 Å². The van der Waals surface area contributed by atoms with Gasteiger partial charge in [-0.1, -0.05) is 55.0 Å². The van der Waals surface area contributed by atoms with E-state index in [4.69, 9.17) is 4.74 Å². The molecule has 0 heterocycles. The van der Waals surface area contributed by atoms with Crippen molar-refractivity contribution in [1.82, 2.24) is 10.2 Å². The van der Waals surface area contributed by atoms with Crippen LogP contribution in [0, 0.1) is 6.92 Å². The zero-order valence-corrected chi connectivity index (χ0v) is 23.1. The van der Waals surface area contributed by atoms with Crippen LogP contribution in [0.3, 0.4) is 0 Å². The lowest BCUT2D eigenvalue weighted by Gasteiger charge is -2.32. The highest BCUT2D eigenvalue weighted by Crippen LogP contribution is 2.25. The SMILES string of the molecule is CCCNC(=O)C(C)N(Cc1cccc(OC)c1)C(=O)CN(c1ccc(C)cc1)S(=O)(=O)c1ccccc1. The number of carbonyl (C=O) groups is 2. The third-order valence-corrected chi connectivity index (χ3v) is 7.92. The molecule has 3 aromatic rings. The van der Waals surface area contributed by atoms with Crippen molar-refractivity contribution in [2.24, 2.45) is 0 Å². The van der Waals surface area contributed by atoms with Gasteiger partial charge in [0.1, 0.15) is 18.3 Å². The summed E-state index contributed by atoms with van der Waals surface area (Å²) in [6.45, 7) is 5.59. The Morgan fingerprint density at radius 2 is 1.66 bits per heavy atom. The van der Waals surface area contributed by atoms with Gasteiger partial charge in [-0.2, -0.15) is 0 Å². The van der Waals surface area contributed by atoms with E-state index in [1.165, 1.54) is 17.0 Å². The number of nitrogens with zero attached hydrogens (tertiary/aromatic N) is 2. The molecule has 3 rings (SSSR count). The van der Waals surface area contributed by atoms with E-state index in [0.29, 0.717) is 18.0 Å². The Hall–Kier alpha value is -3.85. The summed E-state index contributed by atoms with van der Waals surface area (Å²) >= 11 is 0. The van der Waals surface area contributed by atoms with Crippen LogP contribution >= 0.6 is 0 Å². The molecular formula is C29H35N3O5S. The molecule has 1 unspecified atom stereocenters. The van der Waals surface area contributed by atoms with E-state index in [0.717, 1.165) is 21.9 Å². The first kappa shape index (κ1) is 28.7. The van der Waals surface area contributed by atoms with Crippen molar-refractivity contribution < 1.29 is 22.7 Å². The molecule has 0 saturated carbocycles. The maximum Gasteiger partial charge on any atom is 0.264 e. The monoisotopic (exact) mass is 537 g/mol. The highest BCUT2D eigenvalue weighted by Gasteiger charge is 2.32. The highest BCUT2D eigenvalue weighted by molar-refractivity contribution is 7.92. The van der Waals surface area contributed by atoms with Gasteiger partial charge in [0.25, 0.3) is 10.0 Å². The largest absolute Gasteiger partial charge is 0.497 e. The van der Waals surface area contributed by atoms with E-state index in [1.807, 2.05) is 19.9 Å². The number of nitrogens with one attached hydrogen (secondary N) is 1. The fraction of sp³-hybridized carbons (Fsp3) is 0.310. The zero-order chi connectivity index (χ0) is 27.7. The zero-order valence-electron chi connectivity index (χ0n) is 22.3. The third kappa shape index (κ3) is 7.13. The van der Waals surface area contributed by atoms with Crippen molar-refractivity contribution in [2.75, 3.05) is 24.5 Å². The van der Waals surface area contributed by atoms with Gasteiger partial charge in [0, 0.05) is 13.1 Å². The molecule has 0 fully saturated rings. The number of ether oxygens (including phenoxy) is 1. The first-order chi connectivity index (χ1) is 18.2. The van der Waals surface area contributed by atoms with E-state index < -0.39 is 28.5 Å². The maximum atomic E-state index is 13.9. The van der Waals surface area contributed by atoms with Gasteiger partial charge in [0.05, 0.1) is 17.7 Å². The second kappa shape index (κ2) is 13.1. The van der Waals surface area contributed by atoms with Gasteiger partial charge >= 0.3 is 0 Å². The molecule has 0 saturated heterocycles. The topological polar surface area (TPSA) is 96.0 Å². The van der Waals surface area contributed by atoms with E-state index >= 15 is 0 Å². The molecule has 0 aromatic heterocycles. The molecule has 9 heteroatoms. The molecule has 0 radical (unpaired) electrons. The first-order valence-electron chi connectivity index (χ1n) is 12.5. The Bertz CT molecular complexity index is 1330. The van der Waals surface area contributed by atoms with Crippen molar-refractivity contribution in [1.29, 1.82) is 0 Å². The summed E-state index contributed by atoms with van der Waals surface area (Å²) in [5.74, 6) is -0.200. The second-order valence-corrected chi connectivity index (χ2v) is 10.9. The summed E-state index contributed by atoms with van der Waals surface area (Å²) in [5.41, 5.74) is 2.07. The summed E-state index contributed by atoms with van der Waals surface area (Å²) < 4.78 is 33.9. The fourth-order valence-corrected chi connectivity index (χ4v) is 5.34. The number of hydrogen-bond donors (Lipinski definition) is 1. The maximum absolute atomic E-state index is 13.9. The molecule has 0 spiro atoms. The molecule has 38 heavy (non-hydrogen) atoms. The number of rotatable bonds is 12. The van der Waals surface area contributed by atoms with Crippen LogP contribution in [0.2, 0.25) is 0 Å². The lowest BCUT2D eigenvalue weighted by Crippen LogP contribution is -2.51. The number of amides is 2. The lowest BCUT2D eigenvalue weighted by molar-refractivity contribution is -0.139. The predicted molar refractivity (Wildman–Crippen MR) is 148 cm³/mol. The first-order valence-corrected chi connectivity index (χ1v) is 14.0. The normalized spacial score (nSPS) is 11.9. The number of benzene rings is 3. The summed E-state index contributed by atoms with van der Waals surface area (Å²) in [6, 6.07) is 21.3. The standard InChI is InChI=1S/C29H35N3O5S/c1-5-18-30-29(34)23(3)31(20-24-10-9-11-26(19-24)37-4)28(33)21-32(25-16-14-22(2)15-17-25)38(35,36)27-12-7-6-8-13-27/h6-17,19,23H,5,18,20-21H2,1-4H3,(H,30,34). The molecule has 0 aliphatic carbocycles. The Labute approximate surface area is 225 Å². The van der Waals surface area contributed by atoms with Crippen LogP contribution in [0.5, 0.6) is 5.75 Å². The van der Waals surface area contributed by atoms with Crippen molar-refractivity contribution in [3.8, 4) is 5.75 Å². The van der Waals surface area contributed by atoms with E-state index in [2.05, 4.69) is 5.32 Å². The minimum atomic E-state index is -4.07. The summed E-state index contributed by atoms with van der Waals surface area (Å²) in [5, 5.41) is 2.83. The predicted octanol–water partition coefficient (Wildman–Crippen LogP) is 4.14. The second-order valence-electron chi connectivity index (χ2n) is 9.00. The molecular weight excluding hydrogens is 502 g/mol. The molecule has 0 aliphatic heterocycles. The average Bonchev–Trinajstić information content (AvgIpc) is 2.93. The molecule has 0 bridgehead atoms. The Kier molecular flexibility index (Phi) is 9.90. The van der Waals surface area contributed by atoms with Crippen LogP contribution in [0.1, 0.15) is 31.4 Å². The number of aryl methyl sites for hydroxylation is 1. The van der Waals surface area contributed by atoms with Crippen molar-refractivity contribution in [3.63, 3.8) is 0 Å². The van der Waals surface area contributed by atoms with Gasteiger partial charge in [0.15, 0.2) is 0 Å². The summed E-state index contributed by atoms with van der Waals surface area (Å²) in [6.07, 6.45) is 0.749. The minimum absolute atomic E-state index is 0.0708. The van der Waals surface area contributed by atoms with Crippen molar-refractivity contribution in [2.45, 2.75) is 44.7 Å². The van der Waals surface area contributed by atoms with Crippen LogP contribution in [0.15, 0.2) is 83.8 Å². The fourth-order valence-electron chi connectivity index (χ4n) is 3.91. The molecule has 3 aromatic carbocycles. The van der Waals surface area contributed by atoms with Gasteiger partial charge in [-0.05, 0) is 62.2 Å². The Morgan fingerprint density at radius 1 is 0.974 bits per heavy atom. The number of anilines is 1. The molecule has 8 nitrogen and oxygen atoms in total. The molecule has 2 amide bonds. The average molecular weight is 538 g/mol. The molecule has 1 N–H and O–H groups in total. The van der Waals surface area contributed by atoms with Crippen LogP contribution in [-0.4, -0.2) is 51.4 Å². The molecule has 202 valence electrons. The quantitative estimate of drug-likeness (QED) is 0.375. The van der Waals surface area contributed by atoms with E-state index in [-0.39, 0.29) is 17.3 Å². The molecule has 1 atom stereocenters. The van der Waals surface area contributed by atoms with Crippen molar-refractivity contribution in [3.05, 3.63) is 90.0 Å². The smallest absolute Gasteiger partial charge is 0.264 e. The van der Waals surface area contributed by atoms with Crippen LogP contribution < -0.4 is 14.4 Å². The summed E-state index contributed by atoms with van der Waals surface area (Å²) in [4.78, 5) is 28.2. The summed E-state index contributed by atoms with van der Waals surface area (Å²) in [7, 11) is -2.52. The van der Waals surface area contributed by atoms with Gasteiger partial charge < -0.3 is 15.0 Å².